The van der Waals surface area contributed by atoms with Gasteiger partial charge in [-0.25, -0.2) is 14.5 Å². The summed E-state index contributed by atoms with van der Waals surface area (Å²) >= 11 is 0. The van der Waals surface area contributed by atoms with Gasteiger partial charge >= 0.3 is 5.97 Å². The average Bonchev–Trinajstić information content (AvgIpc) is 3.05. The zero-order valence-corrected chi connectivity index (χ0v) is 12.4. The number of hydrogen-bond donors (Lipinski definition) is 1. The molecule has 0 aliphatic carbocycles. The number of hydrogen-bond acceptors (Lipinski definition) is 6. The standard InChI is InChI=1S/C13H19N5O3/c1-4-21-13(20)10-11(12-14-5-6-17(12)3)18(16-15-10)7-9(2)8-19/h5-6,9,19H,4,7-8H2,1-3H3. The normalized spacial score (nSPS) is 12.4. The second kappa shape index (κ2) is 6.49. The van der Waals surface area contributed by atoms with Crippen molar-refractivity contribution in [1.29, 1.82) is 0 Å². The van der Waals surface area contributed by atoms with Crippen LogP contribution in [-0.2, 0) is 18.3 Å². The third kappa shape index (κ3) is 3.10. The SMILES string of the molecule is CCOC(=O)c1nnn(CC(C)CO)c1-c1nccn1C. The van der Waals surface area contributed by atoms with E-state index in [1.807, 2.05) is 14.0 Å². The van der Waals surface area contributed by atoms with Crippen LogP contribution >= 0.6 is 0 Å². The molecule has 1 unspecified atom stereocenters. The van der Waals surface area contributed by atoms with E-state index in [0.717, 1.165) is 0 Å². The van der Waals surface area contributed by atoms with Crippen LogP contribution in [0.25, 0.3) is 11.5 Å². The summed E-state index contributed by atoms with van der Waals surface area (Å²) in [6.07, 6.45) is 3.41. The fraction of sp³-hybridized carbons (Fsp3) is 0.538. The number of esters is 1. The smallest absolute Gasteiger partial charge is 0.361 e. The van der Waals surface area contributed by atoms with Crippen molar-refractivity contribution < 1.29 is 14.6 Å². The number of ether oxygens (including phenoxy) is 1. The maximum absolute atomic E-state index is 12.0. The van der Waals surface area contributed by atoms with E-state index in [9.17, 15) is 9.90 Å². The number of aromatic nitrogens is 5. The number of imidazole rings is 1. The molecule has 21 heavy (non-hydrogen) atoms. The molecule has 0 aliphatic heterocycles. The number of aliphatic hydroxyl groups excluding tert-OH is 1. The molecule has 2 rings (SSSR count). The Morgan fingerprint density at radius 3 is 2.86 bits per heavy atom. The Hall–Kier alpha value is -2.22. The molecule has 2 aromatic rings. The number of aryl methyl sites for hydroxylation is 1. The van der Waals surface area contributed by atoms with Gasteiger partial charge in [0.25, 0.3) is 0 Å². The first kappa shape index (κ1) is 15.2. The third-order valence-electron chi connectivity index (χ3n) is 3.03. The second-order valence-corrected chi connectivity index (χ2v) is 4.84. The predicted octanol–water partition coefficient (Wildman–Crippen LogP) is 0.484. The van der Waals surface area contributed by atoms with Crippen molar-refractivity contribution in [2.24, 2.45) is 13.0 Å². The number of nitrogens with zero attached hydrogens (tertiary/aromatic N) is 5. The highest BCUT2D eigenvalue weighted by Gasteiger charge is 2.25. The molecule has 0 radical (unpaired) electrons. The lowest BCUT2D eigenvalue weighted by Crippen LogP contribution is -2.15. The first-order valence-corrected chi connectivity index (χ1v) is 6.77. The van der Waals surface area contributed by atoms with Gasteiger partial charge in [-0.15, -0.1) is 5.10 Å². The first-order valence-electron chi connectivity index (χ1n) is 6.77. The monoisotopic (exact) mass is 293 g/mol. The molecule has 2 heterocycles. The summed E-state index contributed by atoms with van der Waals surface area (Å²) in [5, 5.41) is 17.1. The summed E-state index contributed by atoms with van der Waals surface area (Å²) in [6.45, 7) is 4.34. The van der Waals surface area contributed by atoms with E-state index in [1.165, 1.54) is 0 Å². The molecule has 2 aromatic heterocycles. The summed E-state index contributed by atoms with van der Waals surface area (Å²) in [6, 6.07) is 0. The highest BCUT2D eigenvalue weighted by molar-refractivity contribution is 5.93. The molecule has 0 bridgehead atoms. The molecule has 8 nitrogen and oxygen atoms in total. The zero-order valence-electron chi connectivity index (χ0n) is 12.4. The van der Waals surface area contributed by atoms with Gasteiger partial charge in [-0.3, -0.25) is 0 Å². The quantitative estimate of drug-likeness (QED) is 0.779. The lowest BCUT2D eigenvalue weighted by atomic mass is 10.2. The Bertz CT molecular complexity index is 619. The zero-order chi connectivity index (χ0) is 15.4. The van der Waals surface area contributed by atoms with Gasteiger partial charge in [0.15, 0.2) is 5.82 Å². The van der Waals surface area contributed by atoms with E-state index >= 15 is 0 Å². The molecule has 1 N–H and O–H groups in total. The average molecular weight is 293 g/mol. The highest BCUT2D eigenvalue weighted by Crippen LogP contribution is 2.21. The van der Waals surface area contributed by atoms with E-state index in [0.29, 0.717) is 18.1 Å². The minimum Gasteiger partial charge on any atom is -0.461 e. The molecule has 0 saturated carbocycles. The van der Waals surface area contributed by atoms with Crippen LogP contribution in [0.2, 0.25) is 0 Å². The minimum absolute atomic E-state index is 0.0132. The molecule has 8 heteroatoms. The molecule has 0 aliphatic rings. The Morgan fingerprint density at radius 1 is 1.52 bits per heavy atom. The molecular weight excluding hydrogens is 274 g/mol. The van der Waals surface area contributed by atoms with Gasteiger partial charge in [0, 0.05) is 32.6 Å². The van der Waals surface area contributed by atoms with Gasteiger partial charge in [0.05, 0.1) is 6.61 Å². The molecular formula is C13H19N5O3. The fourth-order valence-electron chi connectivity index (χ4n) is 1.95. The van der Waals surface area contributed by atoms with Crippen molar-refractivity contribution in [2.75, 3.05) is 13.2 Å². The topological polar surface area (TPSA) is 95.1 Å². The van der Waals surface area contributed by atoms with Crippen LogP contribution < -0.4 is 0 Å². The van der Waals surface area contributed by atoms with Crippen molar-refractivity contribution in [1.82, 2.24) is 24.5 Å². The van der Waals surface area contributed by atoms with Crippen LogP contribution in [0.4, 0.5) is 0 Å². The number of rotatable bonds is 6. The Morgan fingerprint density at radius 2 is 2.29 bits per heavy atom. The maximum atomic E-state index is 12.0. The molecule has 0 saturated heterocycles. The summed E-state index contributed by atoms with van der Waals surface area (Å²) < 4.78 is 8.37. The number of aliphatic hydroxyl groups is 1. The Balaban J connectivity index is 2.48. The van der Waals surface area contributed by atoms with Crippen molar-refractivity contribution in [3.8, 4) is 11.5 Å². The van der Waals surface area contributed by atoms with Crippen molar-refractivity contribution >= 4 is 5.97 Å². The molecule has 114 valence electrons. The molecule has 0 amide bonds. The molecule has 1 atom stereocenters. The second-order valence-electron chi connectivity index (χ2n) is 4.84. The lowest BCUT2D eigenvalue weighted by molar-refractivity contribution is 0.0520. The van der Waals surface area contributed by atoms with Gasteiger partial charge in [0.1, 0.15) is 5.69 Å². The summed E-state index contributed by atoms with van der Waals surface area (Å²) in [5.41, 5.74) is 0.637. The van der Waals surface area contributed by atoms with E-state index in [2.05, 4.69) is 15.3 Å². The lowest BCUT2D eigenvalue weighted by Gasteiger charge is -2.11. The molecule has 0 fully saturated rings. The van der Waals surface area contributed by atoms with Gasteiger partial charge < -0.3 is 14.4 Å². The summed E-state index contributed by atoms with van der Waals surface area (Å²) in [5.74, 6) is 0.0346. The molecule has 0 aromatic carbocycles. The predicted molar refractivity (Wildman–Crippen MR) is 74.4 cm³/mol. The van der Waals surface area contributed by atoms with E-state index in [-0.39, 0.29) is 24.8 Å². The first-order chi connectivity index (χ1) is 10.1. The van der Waals surface area contributed by atoms with Crippen LogP contribution in [-0.4, -0.2) is 48.8 Å². The van der Waals surface area contributed by atoms with Crippen molar-refractivity contribution in [3.63, 3.8) is 0 Å². The van der Waals surface area contributed by atoms with Crippen LogP contribution in [0.1, 0.15) is 24.3 Å². The van der Waals surface area contributed by atoms with Gasteiger partial charge in [-0.1, -0.05) is 12.1 Å². The van der Waals surface area contributed by atoms with E-state index < -0.39 is 5.97 Å². The largest absolute Gasteiger partial charge is 0.461 e. The Kier molecular flexibility index (Phi) is 4.69. The van der Waals surface area contributed by atoms with E-state index in [4.69, 9.17) is 4.74 Å². The Labute approximate surface area is 122 Å². The van der Waals surface area contributed by atoms with Crippen molar-refractivity contribution in [3.05, 3.63) is 18.1 Å². The van der Waals surface area contributed by atoms with Crippen LogP contribution in [0.3, 0.4) is 0 Å². The van der Waals surface area contributed by atoms with E-state index in [1.54, 1.807) is 28.6 Å². The highest BCUT2D eigenvalue weighted by atomic mass is 16.5. The van der Waals surface area contributed by atoms with Crippen LogP contribution in [0.5, 0.6) is 0 Å². The number of carbonyl (C=O) groups excluding carboxylic acids is 1. The number of carbonyl (C=O) groups is 1. The van der Waals surface area contributed by atoms with Crippen molar-refractivity contribution in [2.45, 2.75) is 20.4 Å². The fourth-order valence-corrected chi connectivity index (χ4v) is 1.95. The maximum Gasteiger partial charge on any atom is 0.361 e. The molecule has 0 spiro atoms. The van der Waals surface area contributed by atoms with Gasteiger partial charge in [-0.2, -0.15) is 0 Å². The minimum atomic E-state index is -0.529. The van der Waals surface area contributed by atoms with Gasteiger partial charge in [-0.05, 0) is 12.8 Å². The third-order valence-corrected chi connectivity index (χ3v) is 3.03. The summed E-state index contributed by atoms with van der Waals surface area (Å²) in [7, 11) is 1.82. The summed E-state index contributed by atoms with van der Waals surface area (Å²) in [4.78, 5) is 16.3. The van der Waals surface area contributed by atoms with Crippen LogP contribution in [0, 0.1) is 5.92 Å². The van der Waals surface area contributed by atoms with Crippen LogP contribution in [0.15, 0.2) is 12.4 Å². The van der Waals surface area contributed by atoms with Gasteiger partial charge in [0.2, 0.25) is 5.69 Å².